The molecule has 3 rings (SSSR count). The number of nitrogens with zero attached hydrogens (tertiary/aromatic N) is 2. The van der Waals surface area contributed by atoms with Crippen LogP contribution >= 0.6 is 0 Å². The summed E-state index contributed by atoms with van der Waals surface area (Å²) < 4.78 is 14.1. The Morgan fingerprint density at radius 2 is 1.79 bits per heavy atom. The molecule has 1 heterocycles. The molecule has 154 valence electrons. The highest BCUT2D eigenvalue weighted by molar-refractivity contribution is 5.84. The highest BCUT2D eigenvalue weighted by Gasteiger charge is 2.44. The van der Waals surface area contributed by atoms with Gasteiger partial charge in [0.1, 0.15) is 5.82 Å². The molecule has 0 bridgehead atoms. The number of rotatable bonds is 5. The van der Waals surface area contributed by atoms with E-state index in [4.69, 9.17) is 0 Å². The van der Waals surface area contributed by atoms with Crippen LogP contribution in [0.25, 0.3) is 11.1 Å². The van der Waals surface area contributed by atoms with Crippen LogP contribution in [0, 0.1) is 11.2 Å². The van der Waals surface area contributed by atoms with E-state index >= 15 is 0 Å². The van der Waals surface area contributed by atoms with Gasteiger partial charge in [0.2, 0.25) is 11.8 Å². The van der Waals surface area contributed by atoms with Crippen LogP contribution in [0.3, 0.4) is 0 Å². The fourth-order valence-corrected chi connectivity index (χ4v) is 4.33. The number of benzene rings is 2. The van der Waals surface area contributed by atoms with E-state index in [0.29, 0.717) is 31.5 Å². The number of carbonyl (C=O) groups is 2. The first kappa shape index (κ1) is 21.0. The molecule has 0 aromatic heterocycles. The van der Waals surface area contributed by atoms with Crippen LogP contribution in [0.1, 0.15) is 31.7 Å². The normalized spacial score (nSPS) is 19.1. The minimum Gasteiger partial charge on any atom is -0.348 e. The molecule has 0 aliphatic carbocycles. The van der Waals surface area contributed by atoms with Crippen molar-refractivity contribution in [3.05, 3.63) is 59.9 Å². The van der Waals surface area contributed by atoms with E-state index in [-0.39, 0.29) is 17.6 Å². The molecule has 1 atom stereocenters. The predicted molar refractivity (Wildman–Crippen MR) is 113 cm³/mol. The summed E-state index contributed by atoms with van der Waals surface area (Å²) in [4.78, 5) is 28.9. The third kappa shape index (κ3) is 4.50. The van der Waals surface area contributed by atoms with Crippen LogP contribution in [0.15, 0.2) is 48.5 Å². The van der Waals surface area contributed by atoms with Gasteiger partial charge in [-0.2, -0.15) is 0 Å². The second-order valence-electron chi connectivity index (χ2n) is 8.11. The third-order valence-electron chi connectivity index (χ3n) is 5.77. The number of carbonyl (C=O) groups excluding carboxylic acids is 2. The number of amides is 2. The zero-order chi connectivity index (χ0) is 21.0. The predicted octanol–water partition coefficient (Wildman–Crippen LogP) is 4.14. The van der Waals surface area contributed by atoms with E-state index in [9.17, 15) is 14.0 Å². The van der Waals surface area contributed by atoms with Crippen molar-refractivity contribution in [2.75, 3.05) is 27.2 Å². The maximum atomic E-state index is 14.1. The van der Waals surface area contributed by atoms with E-state index in [1.165, 1.54) is 6.07 Å². The zero-order valence-corrected chi connectivity index (χ0v) is 17.5. The van der Waals surface area contributed by atoms with E-state index in [0.717, 1.165) is 24.0 Å². The molecule has 0 radical (unpaired) electrons. The van der Waals surface area contributed by atoms with Crippen molar-refractivity contribution in [3.8, 4) is 11.1 Å². The van der Waals surface area contributed by atoms with E-state index in [2.05, 4.69) is 0 Å². The van der Waals surface area contributed by atoms with Crippen molar-refractivity contribution in [1.82, 2.24) is 9.80 Å². The van der Waals surface area contributed by atoms with Crippen LogP contribution in [-0.4, -0.2) is 48.8 Å². The number of hydrogen-bond acceptors (Lipinski definition) is 2. The minimum absolute atomic E-state index is 0.0595. The van der Waals surface area contributed by atoms with Gasteiger partial charge in [-0.05, 0) is 36.5 Å². The first-order valence-corrected chi connectivity index (χ1v) is 10.2. The third-order valence-corrected chi connectivity index (χ3v) is 5.77. The topological polar surface area (TPSA) is 40.6 Å². The summed E-state index contributed by atoms with van der Waals surface area (Å²) in [5, 5.41) is 0. The average molecular weight is 397 g/mol. The summed E-state index contributed by atoms with van der Waals surface area (Å²) >= 11 is 0. The minimum atomic E-state index is -0.619. The SMILES string of the molecule is CCC(=O)N1CCC[C@](Cc2ccc(-c3ccccc3F)cc2)(C(=O)N(C)C)C1. The molecule has 1 fully saturated rings. The highest BCUT2D eigenvalue weighted by Crippen LogP contribution is 2.36. The summed E-state index contributed by atoms with van der Waals surface area (Å²) in [5.74, 6) is -0.0969. The van der Waals surface area contributed by atoms with Crippen molar-refractivity contribution in [3.63, 3.8) is 0 Å². The molecule has 1 saturated heterocycles. The summed E-state index contributed by atoms with van der Waals surface area (Å²) in [5.41, 5.74) is 1.78. The van der Waals surface area contributed by atoms with Crippen LogP contribution in [0.5, 0.6) is 0 Å². The largest absolute Gasteiger partial charge is 0.348 e. The molecule has 0 N–H and O–H groups in total. The van der Waals surface area contributed by atoms with Crippen molar-refractivity contribution in [2.45, 2.75) is 32.6 Å². The van der Waals surface area contributed by atoms with Crippen molar-refractivity contribution in [1.29, 1.82) is 0 Å². The van der Waals surface area contributed by atoms with Crippen LogP contribution in [-0.2, 0) is 16.0 Å². The Morgan fingerprint density at radius 1 is 1.10 bits per heavy atom. The Hall–Kier alpha value is -2.69. The van der Waals surface area contributed by atoms with Crippen molar-refractivity contribution >= 4 is 11.8 Å². The average Bonchev–Trinajstić information content (AvgIpc) is 2.73. The summed E-state index contributed by atoms with van der Waals surface area (Å²) in [6, 6.07) is 14.4. The van der Waals surface area contributed by atoms with Gasteiger partial charge in [-0.25, -0.2) is 4.39 Å². The maximum Gasteiger partial charge on any atom is 0.230 e. The van der Waals surface area contributed by atoms with Gasteiger partial charge in [-0.15, -0.1) is 0 Å². The second-order valence-corrected chi connectivity index (χ2v) is 8.11. The second kappa shape index (κ2) is 8.76. The Bertz CT molecular complexity index is 879. The van der Waals surface area contributed by atoms with E-state index in [1.54, 1.807) is 31.1 Å². The van der Waals surface area contributed by atoms with Crippen LogP contribution < -0.4 is 0 Å². The van der Waals surface area contributed by atoms with Crippen LogP contribution in [0.2, 0.25) is 0 Å². The first-order valence-electron chi connectivity index (χ1n) is 10.2. The highest BCUT2D eigenvalue weighted by atomic mass is 19.1. The number of halogens is 1. The molecule has 2 aromatic rings. The molecule has 0 saturated carbocycles. The van der Waals surface area contributed by atoms with Gasteiger partial charge in [0.15, 0.2) is 0 Å². The molecular formula is C24H29FN2O2. The molecule has 2 aromatic carbocycles. The molecule has 4 nitrogen and oxygen atoms in total. The Morgan fingerprint density at radius 3 is 2.41 bits per heavy atom. The smallest absolute Gasteiger partial charge is 0.230 e. The van der Waals surface area contributed by atoms with Gasteiger partial charge in [0, 0.05) is 39.2 Å². The molecule has 29 heavy (non-hydrogen) atoms. The van der Waals surface area contributed by atoms with Crippen molar-refractivity contribution < 1.29 is 14.0 Å². The van der Waals surface area contributed by atoms with Gasteiger partial charge < -0.3 is 9.80 Å². The lowest BCUT2D eigenvalue weighted by Gasteiger charge is -2.43. The lowest BCUT2D eigenvalue weighted by molar-refractivity contribution is -0.147. The molecule has 2 amide bonds. The monoisotopic (exact) mass is 396 g/mol. The van der Waals surface area contributed by atoms with Gasteiger partial charge in [0.25, 0.3) is 0 Å². The Labute approximate surface area is 172 Å². The lowest BCUT2D eigenvalue weighted by atomic mass is 9.73. The van der Waals surface area contributed by atoms with E-state index < -0.39 is 5.41 Å². The molecule has 0 spiro atoms. The molecule has 5 heteroatoms. The van der Waals surface area contributed by atoms with Crippen molar-refractivity contribution in [2.24, 2.45) is 5.41 Å². The fraction of sp³-hybridized carbons (Fsp3) is 0.417. The summed E-state index contributed by atoms with van der Waals surface area (Å²) in [6.07, 6.45) is 2.59. The van der Waals surface area contributed by atoms with Crippen LogP contribution in [0.4, 0.5) is 4.39 Å². The maximum absolute atomic E-state index is 14.1. The van der Waals surface area contributed by atoms with E-state index in [1.807, 2.05) is 42.2 Å². The lowest BCUT2D eigenvalue weighted by Crippen LogP contribution is -2.54. The number of likely N-dealkylation sites (tertiary alicyclic amines) is 1. The Kier molecular flexibility index (Phi) is 6.36. The number of hydrogen-bond donors (Lipinski definition) is 0. The fourth-order valence-electron chi connectivity index (χ4n) is 4.33. The standard InChI is InChI=1S/C24H29FN2O2/c1-4-22(28)27-15-7-14-24(17-27,23(29)26(2)3)16-18-10-12-19(13-11-18)20-8-5-6-9-21(20)25/h5-6,8-13H,4,7,14-17H2,1-3H3/t24-/m1/s1. The first-order chi connectivity index (χ1) is 13.9. The quantitative estimate of drug-likeness (QED) is 0.762. The molecule has 0 unspecified atom stereocenters. The molecule has 1 aliphatic heterocycles. The van der Waals surface area contributed by atoms with Gasteiger partial charge >= 0.3 is 0 Å². The van der Waals surface area contributed by atoms with Gasteiger partial charge in [-0.1, -0.05) is 49.4 Å². The number of piperidine rings is 1. The summed E-state index contributed by atoms with van der Waals surface area (Å²) in [6.45, 7) is 3.01. The molecule has 1 aliphatic rings. The molecular weight excluding hydrogens is 367 g/mol. The van der Waals surface area contributed by atoms with Gasteiger partial charge in [0.05, 0.1) is 5.41 Å². The summed E-state index contributed by atoms with van der Waals surface area (Å²) in [7, 11) is 3.54. The Balaban J connectivity index is 1.87. The van der Waals surface area contributed by atoms with Gasteiger partial charge in [-0.3, -0.25) is 9.59 Å². The zero-order valence-electron chi connectivity index (χ0n) is 17.5.